The molecule has 0 aliphatic carbocycles. The number of amides is 3. The van der Waals surface area contributed by atoms with E-state index in [0.717, 1.165) is 4.90 Å². The number of furan rings is 1. The molecule has 3 rings (SSSR count). The molecule has 1 saturated heterocycles. The molecule has 2 aromatic rings. The Labute approximate surface area is 188 Å². The van der Waals surface area contributed by atoms with Gasteiger partial charge in [0.15, 0.2) is 0 Å². The standard InChI is InChI=1S/C20H14Br2N2O6/c1-3-6-29-17-13(21)7-11(8-14(17)22)9-15-18(25)24(20(27)23-15)10-12-4-5-16(30-12)19(26)28-2/h1,4-5,7-9H,6,10H2,2H3,(H,23,27)/b15-9-. The van der Waals surface area contributed by atoms with Crippen molar-refractivity contribution in [2.24, 2.45) is 0 Å². The van der Waals surface area contributed by atoms with Crippen LogP contribution in [0.15, 0.2) is 43.3 Å². The summed E-state index contributed by atoms with van der Waals surface area (Å²) in [6.07, 6.45) is 6.74. The van der Waals surface area contributed by atoms with E-state index in [0.29, 0.717) is 20.3 Å². The highest BCUT2D eigenvalue weighted by Gasteiger charge is 2.34. The normalized spacial score (nSPS) is 14.6. The third-order valence-corrected chi connectivity index (χ3v) is 5.13. The highest BCUT2D eigenvalue weighted by molar-refractivity contribution is 9.11. The van der Waals surface area contributed by atoms with Gasteiger partial charge in [0.2, 0.25) is 5.76 Å². The summed E-state index contributed by atoms with van der Waals surface area (Å²) in [4.78, 5) is 37.4. The van der Waals surface area contributed by atoms with E-state index in [-0.39, 0.29) is 30.4 Å². The molecule has 1 fully saturated rings. The first-order chi connectivity index (χ1) is 14.3. The Kier molecular flexibility index (Phi) is 6.64. The van der Waals surface area contributed by atoms with Gasteiger partial charge in [0.05, 0.1) is 22.6 Å². The molecule has 8 nitrogen and oxygen atoms in total. The van der Waals surface area contributed by atoms with Gasteiger partial charge in [-0.1, -0.05) is 5.92 Å². The summed E-state index contributed by atoms with van der Waals surface area (Å²) < 4.78 is 16.6. The van der Waals surface area contributed by atoms with E-state index in [1.54, 1.807) is 12.1 Å². The fourth-order valence-electron chi connectivity index (χ4n) is 2.63. The summed E-state index contributed by atoms with van der Waals surface area (Å²) >= 11 is 6.79. The van der Waals surface area contributed by atoms with Crippen LogP contribution in [0.25, 0.3) is 6.08 Å². The highest BCUT2D eigenvalue weighted by Crippen LogP contribution is 2.35. The van der Waals surface area contributed by atoms with Crippen molar-refractivity contribution < 1.29 is 28.3 Å². The topological polar surface area (TPSA) is 98.1 Å². The quantitative estimate of drug-likeness (QED) is 0.261. The van der Waals surface area contributed by atoms with E-state index in [2.05, 4.69) is 47.8 Å². The smallest absolute Gasteiger partial charge is 0.373 e. The Morgan fingerprint density at radius 3 is 2.63 bits per heavy atom. The maximum absolute atomic E-state index is 12.7. The Hall–Kier alpha value is -3.03. The fourth-order valence-corrected chi connectivity index (χ4v) is 4.08. The van der Waals surface area contributed by atoms with Crippen molar-refractivity contribution in [2.75, 3.05) is 13.7 Å². The third kappa shape index (κ3) is 4.58. The molecule has 0 radical (unpaired) electrons. The zero-order chi connectivity index (χ0) is 21.8. The molecule has 1 aliphatic rings. The van der Waals surface area contributed by atoms with Crippen molar-refractivity contribution in [3.8, 4) is 18.1 Å². The SMILES string of the molecule is C#CCOc1c(Br)cc(/C=C2\NC(=O)N(Cc3ccc(C(=O)OC)o3)C2=O)cc1Br. The van der Waals surface area contributed by atoms with Crippen LogP contribution in [0.5, 0.6) is 5.75 Å². The maximum atomic E-state index is 12.7. The van der Waals surface area contributed by atoms with Crippen LogP contribution < -0.4 is 10.1 Å². The lowest BCUT2D eigenvalue weighted by Crippen LogP contribution is -2.30. The minimum Gasteiger partial charge on any atom is -0.479 e. The zero-order valence-corrected chi connectivity index (χ0v) is 18.7. The number of carbonyl (C=O) groups is 3. The lowest BCUT2D eigenvalue weighted by atomic mass is 10.2. The average molecular weight is 538 g/mol. The molecule has 1 aliphatic heterocycles. The van der Waals surface area contributed by atoms with Gasteiger partial charge in [-0.2, -0.15) is 0 Å². The summed E-state index contributed by atoms with van der Waals surface area (Å²) in [6, 6.07) is 5.75. The lowest BCUT2D eigenvalue weighted by molar-refractivity contribution is -0.123. The molecule has 0 unspecified atom stereocenters. The molecule has 154 valence electrons. The Balaban J connectivity index is 1.79. The number of esters is 1. The van der Waals surface area contributed by atoms with E-state index < -0.39 is 17.9 Å². The molecule has 1 N–H and O–H groups in total. The van der Waals surface area contributed by atoms with Crippen molar-refractivity contribution in [3.63, 3.8) is 0 Å². The Bertz CT molecular complexity index is 1080. The van der Waals surface area contributed by atoms with E-state index in [9.17, 15) is 14.4 Å². The van der Waals surface area contributed by atoms with Crippen LogP contribution in [0.3, 0.4) is 0 Å². The summed E-state index contributed by atoms with van der Waals surface area (Å²) in [5.41, 5.74) is 0.731. The number of ether oxygens (including phenoxy) is 2. The molecule has 0 spiro atoms. The lowest BCUT2D eigenvalue weighted by Gasteiger charge is -2.10. The van der Waals surface area contributed by atoms with E-state index in [1.165, 1.54) is 25.3 Å². The van der Waals surface area contributed by atoms with Gasteiger partial charge in [0.1, 0.15) is 23.8 Å². The Morgan fingerprint density at radius 2 is 2.00 bits per heavy atom. The molecule has 10 heteroatoms. The van der Waals surface area contributed by atoms with Crippen molar-refractivity contribution >= 4 is 55.8 Å². The van der Waals surface area contributed by atoms with Gasteiger partial charge in [-0.3, -0.25) is 9.69 Å². The zero-order valence-electron chi connectivity index (χ0n) is 15.5. The predicted octanol–water partition coefficient (Wildman–Crippen LogP) is 3.70. The van der Waals surface area contributed by atoms with Gasteiger partial charge in [-0.25, -0.2) is 9.59 Å². The summed E-state index contributed by atoms with van der Waals surface area (Å²) in [5, 5.41) is 2.53. The minimum atomic E-state index is -0.648. The minimum absolute atomic E-state index is 0.0165. The molecule has 0 saturated carbocycles. The second-order valence-corrected chi connectivity index (χ2v) is 7.65. The number of rotatable bonds is 6. The molecular weight excluding hydrogens is 524 g/mol. The summed E-state index contributed by atoms with van der Waals surface area (Å²) in [7, 11) is 1.23. The van der Waals surface area contributed by atoms with E-state index in [1.807, 2.05) is 0 Å². The fraction of sp³-hybridized carbons (Fsp3) is 0.150. The van der Waals surface area contributed by atoms with Crippen molar-refractivity contribution in [2.45, 2.75) is 6.54 Å². The number of halogens is 2. The number of imide groups is 1. The number of hydrogen-bond acceptors (Lipinski definition) is 6. The predicted molar refractivity (Wildman–Crippen MR) is 113 cm³/mol. The van der Waals surface area contributed by atoms with Crippen LogP contribution in [-0.4, -0.2) is 36.5 Å². The number of benzene rings is 1. The molecule has 0 bridgehead atoms. The van der Waals surface area contributed by atoms with Crippen molar-refractivity contribution in [1.82, 2.24) is 10.2 Å². The third-order valence-electron chi connectivity index (χ3n) is 3.96. The van der Waals surface area contributed by atoms with Gasteiger partial charge in [-0.05, 0) is 67.8 Å². The van der Waals surface area contributed by atoms with E-state index in [4.69, 9.17) is 15.6 Å². The van der Waals surface area contributed by atoms with Crippen molar-refractivity contribution in [1.29, 1.82) is 0 Å². The van der Waals surface area contributed by atoms with Gasteiger partial charge in [-0.15, -0.1) is 6.42 Å². The molecule has 1 aromatic carbocycles. The maximum Gasteiger partial charge on any atom is 0.373 e. The van der Waals surface area contributed by atoms with Gasteiger partial charge in [0.25, 0.3) is 5.91 Å². The van der Waals surface area contributed by atoms with Crippen LogP contribution in [0, 0.1) is 12.3 Å². The van der Waals surface area contributed by atoms with Gasteiger partial charge in [0, 0.05) is 0 Å². The number of terminal acetylenes is 1. The molecular formula is C20H14Br2N2O6. The van der Waals surface area contributed by atoms with Crippen LogP contribution in [0.2, 0.25) is 0 Å². The molecule has 30 heavy (non-hydrogen) atoms. The second kappa shape index (κ2) is 9.19. The molecule has 2 heterocycles. The largest absolute Gasteiger partial charge is 0.479 e. The molecule has 3 amide bonds. The number of hydrogen-bond donors (Lipinski definition) is 1. The van der Waals surface area contributed by atoms with Crippen LogP contribution in [-0.2, 0) is 16.1 Å². The second-order valence-electron chi connectivity index (χ2n) is 5.94. The monoisotopic (exact) mass is 536 g/mol. The number of methoxy groups -OCH3 is 1. The van der Waals surface area contributed by atoms with E-state index >= 15 is 0 Å². The van der Waals surface area contributed by atoms with Crippen LogP contribution in [0.4, 0.5) is 4.79 Å². The number of carbonyl (C=O) groups excluding carboxylic acids is 3. The molecule has 1 aromatic heterocycles. The average Bonchev–Trinajstić information content (AvgIpc) is 3.27. The highest BCUT2D eigenvalue weighted by atomic mass is 79.9. The summed E-state index contributed by atoms with van der Waals surface area (Å²) in [6.45, 7) is -0.0309. The van der Waals surface area contributed by atoms with Crippen LogP contribution in [0.1, 0.15) is 21.9 Å². The van der Waals surface area contributed by atoms with Gasteiger partial charge >= 0.3 is 12.0 Å². The van der Waals surface area contributed by atoms with Gasteiger partial charge < -0.3 is 19.2 Å². The summed E-state index contributed by atoms with van der Waals surface area (Å²) in [5.74, 6) is 1.98. The number of nitrogens with one attached hydrogen (secondary N) is 1. The first-order valence-corrected chi connectivity index (χ1v) is 9.99. The number of urea groups is 1. The first kappa shape index (κ1) is 21.7. The molecule has 0 atom stereocenters. The van der Waals surface area contributed by atoms with Crippen LogP contribution >= 0.6 is 31.9 Å². The first-order valence-electron chi connectivity index (χ1n) is 8.41. The number of nitrogens with zero attached hydrogens (tertiary/aromatic N) is 1. The van der Waals surface area contributed by atoms with Crippen molar-refractivity contribution in [3.05, 3.63) is 56.0 Å². The Morgan fingerprint density at radius 1 is 1.30 bits per heavy atom.